The Morgan fingerprint density at radius 3 is 3.05 bits per heavy atom. The average molecular weight is 327 g/mol. The summed E-state index contributed by atoms with van der Waals surface area (Å²) in [6, 6.07) is 0. The number of hydrogen-bond acceptors (Lipinski definition) is 4. The first kappa shape index (κ1) is 16.6. The van der Waals surface area contributed by atoms with E-state index in [-0.39, 0.29) is 0 Å². The van der Waals surface area contributed by atoms with Gasteiger partial charge < -0.3 is 10.2 Å². The molecule has 21 heavy (non-hydrogen) atoms. The molecule has 1 fully saturated rings. The molecule has 118 valence electrons. The fourth-order valence-corrected chi connectivity index (χ4v) is 4.38. The van der Waals surface area contributed by atoms with Gasteiger partial charge in [-0.15, -0.1) is 11.3 Å². The number of nitrogens with zero attached hydrogens (tertiary/aromatic N) is 3. The maximum absolute atomic E-state index is 4.61. The zero-order valence-corrected chi connectivity index (χ0v) is 14.9. The van der Waals surface area contributed by atoms with Gasteiger partial charge in [-0.1, -0.05) is 13.8 Å². The predicted molar refractivity (Wildman–Crippen MR) is 94.7 cm³/mol. The lowest BCUT2D eigenvalue weighted by molar-refractivity contribution is 0.408. The number of aliphatic imine (C=N–C) groups is 1. The largest absolute Gasteiger partial charge is 0.356 e. The second kappa shape index (κ2) is 8.63. The molecule has 1 aliphatic heterocycles. The van der Waals surface area contributed by atoms with E-state index < -0.39 is 0 Å². The van der Waals surface area contributed by atoms with Gasteiger partial charge in [-0.05, 0) is 12.8 Å². The number of hydrogen-bond donors (Lipinski definition) is 1. The fourth-order valence-electron chi connectivity index (χ4n) is 2.42. The summed E-state index contributed by atoms with van der Waals surface area (Å²) in [5.41, 5.74) is 1.19. The van der Waals surface area contributed by atoms with Gasteiger partial charge in [-0.25, -0.2) is 4.98 Å². The molecule has 1 unspecified atom stereocenters. The highest BCUT2D eigenvalue weighted by Crippen LogP contribution is 2.21. The SMILES string of the molecule is CCc1nc(CCNC(=NC)N2CCSC(CC)C2)cs1. The molecule has 0 bridgehead atoms. The van der Waals surface area contributed by atoms with Crippen molar-refractivity contribution in [3.8, 4) is 0 Å². The Balaban J connectivity index is 1.79. The standard InChI is InChI=1S/C15H26N4S2/c1-4-13-10-19(8-9-20-13)15(16-3)17-7-6-12-11-21-14(5-2)18-12/h11,13H,4-10H2,1-3H3,(H,16,17). The van der Waals surface area contributed by atoms with Gasteiger partial charge in [-0.2, -0.15) is 11.8 Å². The summed E-state index contributed by atoms with van der Waals surface area (Å²) in [6.07, 6.45) is 3.23. The summed E-state index contributed by atoms with van der Waals surface area (Å²) in [5.74, 6) is 2.24. The summed E-state index contributed by atoms with van der Waals surface area (Å²) in [6.45, 7) is 7.53. The normalized spacial score (nSPS) is 19.9. The molecule has 0 spiro atoms. The summed E-state index contributed by atoms with van der Waals surface area (Å²) >= 11 is 3.85. The van der Waals surface area contributed by atoms with E-state index in [0.717, 1.165) is 43.7 Å². The van der Waals surface area contributed by atoms with E-state index in [1.807, 2.05) is 7.05 Å². The maximum Gasteiger partial charge on any atom is 0.193 e. The molecule has 0 aliphatic carbocycles. The van der Waals surface area contributed by atoms with Gasteiger partial charge in [0.1, 0.15) is 0 Å². The van der Waals surface area contributed by atoms with Crippen LogP contribution in [0.2, 0.25) is 0 Å². The molecule has 1 atom stereocenters. The van der Waals surface area contributed by atoms with Gasteiger partial charge >= 0.3 is 0 Å². The number of thiazole rings is 1. The Morgan fingerprint density at radius 2 is 2.38 bits per heavy atom. The summed E-state index contributed by atoms with van der Waals surface area (Å²) in [7, 11) is 1.88. The lowest BCUT2D eigenvalue weighted by Crippen LogP contribution is -2.48. The topological polar surface area (TPSA) is 40.5 Å². The molecule has 1 aromatic heterocycles. The van der Waals surface area contributed by atoms with Gasteiger partial charge in [0.15, 0.2) is 5.96 Å². The van der Waals surface area contributed by atoms with E-state index in [4.69, 9.17) is 0 Å². The molecule has 6 heteroatoms. The van der Waals surface area contributed by atoms with E-state index in [1.165, 1.54) is 22.9 Å². The quantitative estimate of drug-likeness (QED) is 0.667. The minimum absolute atomic E-state index is 0.739. The van der Waals surface area contributed by atoms with Crippen molar-refractivity contribution in [3.05, 3.63) is 16.1 Å². The molecular formula is C15H26N4S2. The second-order valence-electron chi connectivity index (χ2n) is 5.16. The molecule has 2 heterocycles. The first-order valence-corrected chi connectivity index (χ1v) is 9.70. The fraction of sp³-hybridized carbons (Fsp3) is 0.733. The van der Waals surface area contributed by atoms with E-state index in [2.05, 4.69) is 51.2 Å². The molecule has 1 aromatic rings. The van der Waals surface area contributed by atoms with Crippen molar-refractivity contribution >= 4 is 29.1 Å². The second-order valence-corrected chi connectivity index (χ2v) is 7.51. The Bertz CT molecular complexity index is 458. The van der Waals surface area contributed by atoms with Gasteiger partial charge in [-0.3, -0.25) is 4.99 Å². The van der Waals surface area contributed by atoms with Crippen LogP contribution in [-0.4, -0.2) is 53.5 Å². The number of rotatable bonds is 5. The number of aromatic nitrogens is 1. The molecule has 0 saturated carbocycles. The van der Waals surface area contributed by atoms with Crippen molar-refractivity contribution in [3.63, 3.8) is 0 Å². The summed E-state index contributed by atoms with van der Waals surface area (Å²) < 4.78 is 0. The molecule has 0 aromatic carbocycles. The van der Waals surface area contributed by atoms with Crippen molar-refractivity contribution in [2.75, 3.05) is 32.4 Å². The van der Waals surface area contributed by atoms with Crippen LogP contribution >= 0.6 is 23.1 Å². The van der Waals surface area contributed by atoms with Crippen LogP contribution in [0.5, 0.6) is 0 Å². The Kier molecular flexibility index (Phi) is 6.83. The van der Waals surface area contributed by atoms with Crippen molar-refractivity contribution in [1.29, 1.82) is 0 Å². The number of nitrogens with one attached hydrogen (secondary N) is 1. The third kappa shape index (κ3) is 4.88. The highest BCUT2D eigenvalue weighted by atomic mass is 32.2. The van der Waals surface area contributed by atoms with E-state index >= 15 is 0 Å². The van der Waals surface area contributed by atoms with E-state index in [0.29, 0.717) is 0 Å². The molecule has 0 amide bonds. The minimum atomic E-state index is 0.739. The minimum Gasteiger partial charge on any atom is -0.356 e. The Morgan fingerprint density at radius 1 is 1.52 bits per heavy atom. The molecular weight excluding hydrogens is 300 g/mol. The molecule has 1 N–H and O–H groups in total. The van der Waals surface area contributed by atoms with Crippen LogP contribution in [0.25, 0.3) is 0 Å². The Hall–Kier alpha value is -0.750. The zero-order valence-electron chi connectivity index (χ0n) is 13.3. The van der Waals surface area contributed by atoms with Gasteiger partial charge in [0.25, 0.3) is 0 Å². The first-order valence-electron chi connectivity index (χ1n) is 7.77. The monoisotopic (exact) mass is 326 g/mol. The van der Waals surface area contributed by atoms with Crippen molar-refractivity contribution in [2.45, 2.75) is 38.4 Å². The van der Waals surface area contributed by atoms with Crippen LogP contribution in [-0.2, 0) is 12.8 Å². The number of thioether (sulfide) groups is 1. The van der Waals surface area contributed by atoms with Gasteiger partial charge in [0.05, 0.1) is 10.7 Å². The van der Waals surface area contributed by atoms with Crippen LogP contribution in [0.1, 0.15) is 31.0 Å². The highest BCUT2D eigenvalue weighted by molar-refractivity contribution is 8.00. The zero-order chi connectivity index (χ0) is 15.1. The van der Waals surface area contributed by atoms with Crippen LogP contribution < -0.4 is 5.32 Å². The van der Waals surface area contributed by atoms with Crippen LogP contribution in [0.15, 0.2) is 10.4 Å². The lowest BCUT2D eigenvalue weighted by atomic mass is 10.3. The van der Waals surface area contributed by atoms with Crippen LogP contribution in [0, 0.1) is 0 Å². The molecule has 4 nitrogen and oxygen atoms in total. The first-order chi connectivity index (χ1) is 10.3. The van der Waals surface area contributed by atoms with Gasteiger partial charge in [0, 0.05) is 49.5 Å². The Labute approximate surface area is 136 Å². The molecule has 2 rings (SSSR count). The van der Waals surface area contributed by atoms with Gasteiger partial charge in [0.2, 0.25) is 0 Å². The summed E-state index contributed by atoms with van der Waals surface area (Å²) in [5, 5.41) is 7.63. The maximum atomic E-state index is 4.61. The molecule has 1 saturated heterocycles. The van der Waals surface area contributed by atoms with Crippen molar-refractivity contribution in [1.82, 2.24) is 15.2 Å². The summed E-state index contributed by atoms with van der Waals surface area (Å²) in [4.78, 5) is 11.4. The van der Waals surface area contributed by atoms with Crippen LogP contribution in [0.4, 0.5) is 0 Å². The van der Waals surface area contributed by atoms with E-state index in [9.17, 15) is 0 Å². The number of guanidine groups is 1. The molecule has 0 radical (unpaired) electrons. The smallest absolute Gasteiger partial charge is 0.193 e. The third-order valence-corrected chi connectivity index (χ3v) is 6.09. The lowest BCUT2D eigenvalue weighted by Gasteiger charge is -2.34. The third-order valence-electron chi connectivity index (χ3n) is 3.67. The van der Waals surface area contributed by atoms with Crippen molar-refractivity contribution in [2.24, 2.45) is 4.99 Å². The average Bonchev–Trinajstić information content (AvgIpc) is 2.99. The van der Waals surface area contributed by atoms with Crippen LogP contribution in [0.3, 0.4) is 0 Å². The van der Waals surface area contributed by atoms with Crippen molar-refractivity contribution < 1.29 is 0 Å². The molecule has 1 aliphatic rings. The number of aryl methyl sites for hydroxylation is 1. The highest BCUT2D eigenvalue weighted by Gasteiger charge is 2.21. The predicted octanol–water partition coefficient (Wildman–Crippen LogP) is 2.65. The van der Waals surface area contributed by atoms with E-state index in [1.54, 1.807) is 11.3 Å².